The molecule has 136 valence electrons. The number of aryl methyl sites for hydroxylation is 1. The fourth-order valence-corrected chi connectivity index (χ4v) is 3.65. The molecule has 7 heteroatoms. The topological polar surface area (TPSA) is 62.6 Å². The molecule has 2 atom stereocenters. The van der Waals surface area contributed by atoms with Crippen LogP contribution in [0.1, 0.15) is 23.0 Å². The lowest BCUT2D eigenvalue weighted by Crippen LogP contribution is -2.21. The van der Waals surface area contributed by atoms with E-state index >= 15 is 0 Å². The molecule has 1 N–H and O–H groups in total. The fraction of sp³-hybridized carbons (Fsp3) is 0.421. The van der Waals surface area contributed by atoms with Gasteiger partial charge < -0.3 is 0 Å². The van der Waals surface area contributed by atoms with Crippen molar-refractivity contribution in [2.24, 2.45) is 13.0 Å². The molecule has 0 aliphatic carbocycles. The third kappa shape index (κ3) is 3.14. The standard InChI is InChI=1S/C19H23FN6/c1-13-16(9-21-25(13)2)11-26-10-15(8-20)17(12-26)19-22-18(23-24-19)14-6-4-3-5-7-14/h3-7,9,15,17H,8,10-12H2,1-2H3,(H,22,23,24)/t15-,17-/m1/s1. The Bertz CT molecular complexity index is 871. The first-order valence-electron chi connectivity index (χ1n) is 8.89. The van der Waals surface area contributed by atoms with Crippen molar-refractivity contribution in [1.82, 2.24) is 29.9 Å². The summed E-state index contributed by atoms with van der Waals surface area (Å²) in [5, 5.41) is 11.7. The summed E-state index contributed by atoms with van der Waals surface area (Å²) in [6, 6.07) is 9.84. The summed E-state index contributed by atoms with van der Waals surface area (Å²) < 4.78 is 15.5. The van der Waals surface area contributed by atoms with Crippen molar-refractivity contribution in [1.29, 1.82) is 0 Å². The fourth-order valence-electron chi connectivity index (χ4n) is 3.65. The lowest BCUT2D eigenvalue weighted by atomic mass is 9.97. The second-order valence-corrected chi connectivity index (χ2v) is 7.00. The molecule has 26 heavy (non-hydrogen) atoms. The Balaban J connectivity index is 1.51. The predicted octanol–water partition coefficient (Wildman–Crippen LogP) is 2.70. The van der Waals surface area contributed by atoms with E-state index in [9.17, 15) is 4.39 Å². The lowest BCUT2D eigenvalue weighted by Gasteiger charge is -2.14. The van der Waals surface area contributed by atoms with Crippen LogP contribution in [-0.2, 0) is 13.6 Å². The number of hydrogen-bond acceptors (Lipinski definition) is 4. The first-order chi connectivity index (χ1) is 12.7. The molecule has 0 radical (unpaired) electrons. The number of aromatic nitrogens is 5. The molecule has 0 saturated carbocycles. The Morgan fingerprint density at radius 3 is 2.73 bits per heavy atom. The molecule has 0 amide bonds. The van der Waals surface area contributed by atoms with Gasteiger partial charge in [-0.3, -0.25) is 19.1 Å². The largest absolute Gasteiger partial charge is 0.298 e. The predicted molar refractivity (Wildman–Crippen MR) is 97.2 cm³/mol. The van der Waals surface area contributed by atoms with Crippen LogP contribution in [0.15, 0.2) is 36.5 Å². The highest BCUT2D eigenvalue weighted by Gasteiger charge is 2.36. The minimum Gasteiger partial charge on any atom is -0.298 e. The number of H-pyrrole nitrogens is 1. The molecule has 2 aromatic heterocycles. The van der Waals surface area contributed by atoms with Gasteiger partial charge in [-0.05, 0) is 6.92 Å². The number of benzene rings is 1. The van der Waals surface area contributed by atoms with E-state index in [1.54, 1.807) is 0 Å². The van der Waals surface area contributed by atoms with E-state index in [0.717, 1.165) is 36.7 Å². The van der Waals surface area contributed by atoms with Gasteiger partial charge >= 0.3 is 0 Å². The number of nitrogens with zero attached hydrogens (tertiary/aromatic N) is 5. The van der Waals surface area contributed by atoms with E-state index in [-0.39, 0.29) is 18.5 Å². The van der Waals surface area contributed by atoms with Crippen molar-refractivity contribution in [3.05, 3.63) is 53.6 Å². The van der Waals surface area contributed by atoms with Gasteiger partial charge in [-0.15, -0.1) is 0 Å². The monoisotopic (exact) mass is 354 g/mol. The highest BCUT2D eigenvalue weighted by Crippen LogP contribution is 2.33. The summed E-state index contributed by atoms with van der Waals surface area (Å²) in [6.07, 6.45) is 1.90. The summed E-state index contributed by atoms with van der Waals surface area (Å²) in [7, 11) is 1.94. The highest BCUT2D eigenvalue weighted by atomic mass is 19.1. The van der Waals surface area contributed by atoms with E-state index in [1.807, 2.05) is 48.3 Å². The number of rotatable bonds is 5. The SMILES string of the molecule is Cc1c(CN2C[C@@H](CF)[C@H](c3nc(-c4ccccc4)n[nH]3)C2)cnn1C. The third-order valence-corrected chi connectivity index (χ3v) is 5.33. The van der Waals surface area contributed by atoms with Crippen molar-refractivity contribution < 1.29 is 4.39 Å². The molecule has 1 aromatic carbocycles. The van der Waals surface area contributed by atoms with Crippen LogP contribution in [0.2, 0.25) is 0 Å². The molecular formula is C19H23FN6. The number of halogens is 1. The van der Waals surface area contributed by atoms with Crippen molar-refractivity contribution in [2.45, 2.75) is 19.4 Å². The number of likely N-dealkylation sites (tertiary alicyclic amines) is 1. The smallest absolute Gasteiger partial charge is 0.181 e. The van der Waals surface area contributed by atoms with Crippen molar-refractivity contribution in [3.63, 3.8) is 0 Å². The van der Waals surface area contributed by atoms with Gasteiger partial charge in [-0.2, -0.15) is 10.2 Å². The van der Waals surface area contributed by atoms with E-state index in [1.165, 1.54) is 5.56 Å². The van der Waals surface area contributed by atoms with Crippen molar-refractivity contribution in [3.8, 4) is 11.4 Å². The molecule has 4 rings (SSSR count). The molecule has 3 aromatic rings. The van der Waals surface area contributed by atoms with E-state index < -0.39 is 0 Å². The molecule has 3 heterocycles. The number of hydrogen-bond donors (Lipinski definition) is 1. The van der Waals surface area contributed by atoms with Gasteiger partial charge in [0.1, 0.15) is 5.82 Å². The Labute approximate surface area is 152 Å². The maximum Gasteiger partial charge on any atom is 0.181 e. The van der Waals surface area contributed by atoms with Crippen molar-refractivity contribution in [2.75, 3.05) is 19.8 Å². The van der Waals surface area contributed by atoms with Crippen LogP contribution in [0.25, 0.3) is 11.4 Å². The van der Waals surface area contributed by atoms with Crippen LogP contribution < -0.4 is 0 Å². The molecule has 1 aliphatic rings. The quantitative estimate of drug-likeness (QED) is 0.765. The zero-order valence-corrected chi connectivity index (χ0v) is 15.1. The second-order valence-electron chi connectivity index (χ2n) is 7.00. The third-order valence-electron chi connectivity index (χ3n) is 5.33. The minimum absolute atomic E-state index is 0.0296. The summed E-state index contributed by atoms with van der Waals surface area (Å²) >= 11 is 0. The van der Waals surface area contributed by atoms with E-state index in [0.29, 0.717) is 5.82 Å². The van der Waals surface area contributed by atoms with E-state index in [2.05, 4.69) is 32.1 Å². The van der Waals surface area contributed by atoms with Crippen LogP contribution in [0, 0.1) is 12.8 Å². The number of aromatic amines is 1. The van der Waals surface area contributed by atoms with Gasteiger partial charge in [0.25, 0.3) is 0 Å². The maximum atomic E-state index is 13.7. The van der Waals surface area contributed by atoms with Crippen LogP contribution in [0.5, 0.6) is 0 Å². The summed E-state index contributed by atoms with van der Waals surface area (Å²) in [4.78, 5) is 6.93. The van der Waals surface area contributed by atoms with Crippen molar-refractivity contribution >= 4 is 0 Å². The molecule has 0 bridgehead atoms. The summed E-state index contributed by atoms with van der Waals surface area (Å²) in [5.41, 5.74) is 3.30. The molecule has 6 nitrogen and oxygen atoms in total. The molecule has 1 aliphatic heterocycles. The van der Waals surface area contributed by atoms with Gasteiger partial charge in [0.15, 0.2) is 5.82 Å². The van der Waals surface area contributed by atoms with Gasteiger partial charge in [-0.1, -0.05) is 30.3 Å². The van der Waals surface area contributed by atoms with Crippen LogP contribution >= 0.6 is 0 Å². The molecule has 0 spiro atoms. The molecule has 0 unspecified atom stereocenters. The average molecular weight is 354 g/mol. The minimum atomic E-state index is -0.353. The maximum absolute atomic E-state index is 13.7. The van der Waals surface area contributed by atoms with Crippen LogP contribution in [0.3, 0.4) is 0 Å². The second kappa shape index (κ2) is 6.99. The average Bonchev–Trinajstić information content (AvgIpc) is 3.38. The summed E-state index contributed by atoms with van der Waals surface area (Å²) in [5.74, 6) is 1.40. The molecule has 1 fully saturated rings. The molecular weight excluding hydrogens is 331 g/mol. The number of nitrogens with one attached hydrogen (secondary N) is 1. The Kier molecular flexibility index (Phi) is 4.55. The lowest BCUT2D eigenvalue weighted by molar-refractivity contribution is 0.295. The normalized spacial score (nSPS) is 20.7. The first kappa shape index (κ1) is 16.9. The van der Waals surface area contributed by atoms with Gasteiger partial charge in [0, 0.05) is 55.3 Å². The zero-order valence-electron chi connectivity index (χ0n) is 15.1. The van der Waals surface area contributed by atoms with Gasteiger partial charge in [0.2, 0.25) is 0 Å². The highest BCUT2D eigenvalue weighted by molar-refractivity contribution is 5.53. The first-order valence-corrected chi connectivity index (χ1v) is 8.89. The Morgan fingerprint density at radius 1 is 1.23 bits per heavy atom. The number of alkyl halides is 1. The van der Waals surface area contributed by atoms with E-state index in [4.69, 9.17) is 0 Å². The van der Waals surface area contributed by atoms with Crippen LogP contribution in [-0.4, -0.2) is 49.6 Å². The van der Waals surface area contributed by atoms with Gasteiger partial charge in [0.05, 0.1) is 12.9 Å². The molecule has 1 saturated heterocycles. The Hall–Kier alpha value is -2.54. The zero-order chi connectivity index (χ0) is 18.1. The van der Waals surface area contributed by atoms with Gasteiger partial charge in [-0.25, -0.2) is 4.98 Å². The summed E-state index contributed by atoms with van der Waals surface area (Å²) in [6.45, 7) is 3.98. The van der Waals surface area contributed by atoms with Crippen LogP contribution in [0.4, 0.5) is 4.39 Å². The Morgan fingerprint density at radius 2 is 2.04 bits per heavy atom.